The molecule has 0 spiro atoms. The summed E-state index contributed by atoms with van der Waals surface area (Å²) in [4.78, 5) is 81.1. The van der Waals surface area contributed by atoms with Crippen LogP contribution in [0.25, 0.3) is 45.0 Å². The molecule has 116 heavy (non-hydrogen) atoms. The SMILES string of the molecule is CN1CCC(c2ccc3c(c2)CN(C(=O)Cc2nc(-c4ccc(F)cc4)ccc2N)C3)CC1.COC1CCN(C(=O)Cc2nc(-c3ccc(F)cc3)ccc2N)C1.Nc1ccc(-c2ccc(F)cc2)nc1CC(=O)N1CC2CCCC2C1.Nc1ccc(-c2ccc(F)cc2)nc1CC(=O)N1Cc2ccc(CN3CCC(F)(F)C3)cc2C1. The minimum Gasteiger partial charge on any atom is -0.397 e. The predicted octanol–water partition coefficient (Wildman–Crippen LogP) is 14.3. The highest BCUT2D eigenvalue weighted by Crippen LogP contribution is 2.39. The molecule has 6 aliphatic heterocycles. The van der Waals surface area contributed by atoms with E-state index in [2.05, 4.69) is 50.1 Å². The fourth-order valence-corrected chi connectivity index (χ4v) is 16.5. The number of ether oxygens (including phenoxy) is 1. The fourth-order valence-electron chi connectivity index (χ4n) is 16.5. The van der Waals surface area contributed by atoms with Crippen molar-refractivity contribution >= 4 is 46.4 Å². The number of halogens is 6. The summed E-state index contributed by atoms with van der Waals surface area (Å²) in [6, 6.07) is 51.2. The van der Waals surface area contributed by atoms with Gasteiger partial charge in [0.15, 0.2) is 0 Å². The molecule has 7 aliphatic rings. The Morgan fingerprint density at radius 3 is 1.19 bits per heavy atom. The van der Waals surface area contributed by atoms with Crippen molar-refractivity contribution in [1.82, 2.24) is 49.3 Å². The number of piperidine rings is 1. The van der Waals surface area contributed by atoms with Gasteiger partial charge in [0.25, 0.3) is 5.92 Å². The standard InChI is InChI=1S/C27H29FN4O.C26H25F3N4O.C20H22FN3O.C18H20FN3O2/c1-31-12-10-18(11-13-31)20-2-3-21-16-32(17-22(21)14-20)27(33)15-26-24(29)8-9-25(30-26)19-4-6-23(28)7-5-19;27-21-5-3-18(4-6-21)23-8-7-22(30)24(31-23)12-25(34)33-14-19-2-1-17(11-20(19)15-33)13-32-10-9-26(28,29)16-32;21-16-6-4-13(5-7-16)18-9-8-17(22)19(23-18)10-20(25)24-11-14-2-1-3-15(14)12-24;1-24-14-8-9-22(11-14)18(23)10-17-15(20)6-7-16(21-17)12-2-4-13(19)5-3-12/h2-9,14,18H,10-13,15-17,29H2,1H3;1-8,11H,9-10,12-16,30H2;4-9,14-15H,1-3,10-12,22H2;2-7,14H,8-11,20H2,1H3. The molecule has 4 saturated heterocycles. The molecule has 602 valence electrons. The number of methoxy groups -OCH3 is 1. The van der Waals surface area contributed by atoms with Crippen LogP contribution in [0.4, 0.5) is 49.1 Å². The molecule has 4 amide bonds. The average molecular weight is 1580 g/mol. The van der Waals surface area contributed by atoms with Crippen molar-refractivity contribution in [3.8, 4) is 45.0 Å². The zero-order valence-corrected chi connectivity index (χ0v) is 65.2. The molecule has 17 rings (SSSR count). The van der Waals surface area contributed by atoms with Gasteiger partial charge in [0.05, 0.1) is 107 Å². The normalized spacial score (nSPS) is 18.2. The summed E-state index contributed by atoms with van der Waals surface area (Å²) in [5.41, 5.74) is 41.1. The summed E-state index contributed by atoms with van der Waals surface area (Å²) in [7, 11) is 3.84. The van der Waals surface area contributed by atoms with Crippen LogP contribution in [-0.4, -0.2) is 152 Å². The van der Waals surface area contributed by atoms with Crippen LogP contribution in [0.3, 0.4) is 0 Å². The van der Waals surface area contributed by atoms with Gasteiger partial charge in [-0.1, -0.05) is 42.8 Å². The number of rotatable bonds is 16. The van der Waals surface area contributed by atoms with E-state index in [9.17, 15) is 45.5 Å². The van der Waals surface area contributed by atoms with Crippen molar-refractivity contribution in [2.24, 2.45) is 11.8 Å². The van der Waals surface area contributed by atoms with Crippen molar-refractivity contribution in [2.45, 2.75) is 121 Å². The van der Waals surface area contributed by atoms with Gasteiger partial charge < -0.3 is 52.2 Å². The molecule has 10 aromatic rings. The Labute approximate surface area is 671 Å². The number of hydrogen-bond donors (Lipinski definition) is 4. The molecule has 1 aliphatic carbocycles. The number of hydrogen-bond acceptors (Lipinski definition) is 15. The highest BCUT2D eigenvalue weighted by atomic mass is 19.3. The summed E-state index contributed by atoms with van der Waals surface area (Å²) in [6.45, 7) is 8.20. The Bertz CT molecular complexity index is 5180. The molecule has 10 heterocycles. The van der Waals surface area contributed by atoms with Gasteiger partial charge in [-0.25, -0.2) is 26.3 Å². The molecule has 3 atom stereocenters. The molecule has 0 radical (unpaired) electrons. The molecular formula is C91H96F6N14O5. The number of anilines is 4. The maximum Gasteiger partial charge on any atom is 0.261 e. The van der Waals surface area contributed by atoms with E-state index in [1.165, 1.54) is 97.3 Å². The van der Waals surface area contributed by atoms with E-state index in [0.717, 1.165) is 71.5 Å². The lowest BCUT2D eigenvalue weighted by Crippen LogP contribution is -2.31. The minimum atomic E-state index is -2.61. The van der Waals surface area contributed by atoms with E-state index in [4.69, 9.17) is 27.7 Å². The van der Waals surface area contributed by atoms with E-state index in [-0.39, 0.29) is 91.7 Å². The van der Waals surface area contributed by atoms with Gasteiger partial charge in [-0.05, 0) is 249 Å². The molecular weight excluding hydrogens is 1480 g/mol. The third-order valence-electron chi connectivity index (χ3n) is 23.3. The van der Waals surface area contributed by atoms with E-state index in [1.807, 2.05) is 28.0 Å². The van der Waals surface area contributed by atoms with Gasteiger partial charge in [-0.2, -0.15) is 0 Å². The van der Waals surface area contributed by atoms with E-state index in [1.54, 1.807) is 119 Å². The topological polar surface area (TPSA) is 253 Å². The third-order valence-corrected chi connectivity index (χ3v) is 23.3. The van der Waals surface area contributed by atoms with Gasteiger partial charge in [-0.3, -0.25) is 44.0 Å². The summed E-state index contributed by atoms with van der Waals surface area (Å²) in [6.07, 6.45) is 7.60. The van der Waals surface area contributed by atoms with E-state index >= 15 is 0 Å². The number of amides is 4. The second-order valence-electron chi connectivity index (χ2n) is 31.4. The second-order valence-corrected chi connectivity index (χ2v) is 31.4. The lowest BCUT2D eigenvalue weighted by Gasteiger charge is -2.29. The van der Waals surface area contributed by atoms with Gasteiger partial charge in [-0.15, -0.1) is 0 Å². The predicted molar refractivity (Wildman–Crippen MR) is 436 cm³/mol. The molecule has 5 fully saturated rings. The summed E-state index contributed by atoms with van der Waals surface area (Å²) in [5, 5.41) is 0. The Morgan fingerprint density at radius 2 is 0.802 bits per heavy atom. The molecule has 1 saturated carbocycles. The van der Waals surface area contributed by atoms with Crippen LogP contribution in [0.5, 0.6) is 0 Å². The lowest BCUT2D eigenvalue weighted by molar-refractivity contribution is -0.131. The van der Waals surface area contributed by atoms with Crippen LogP contribution in [0.2, 0.25) is 0 Å². The number of benzene rings is 6. The molecule has 4 aromatic heterocycles. The number of likely N-dealkylation sites (tertiary alicyclic amines) is 4. The number of alkyl halides is 2. The van der Waals surface area contributed by atoms with Gasteiger partial charge in [0.2, 0.25) is 23.6 Å². The monoisotopic (exact) mass is 1580 g/mol. The van der Waals surface area contributed by atoms with Crippen LogP contribution in [0.1, 0.15) is 107 Å². The number of nitrogens with two attached hydrogens (primary N) is 4. The number of nitrogens with zero attached hydrogens (tertiary/aromatic N) is 10. The molecule has 25 heteroatoms. The Morgan fingerprint density at radius 1 is 0.422 bits per heavy atom. The zero-order valence-electron chi connectivity index (χ0n) is 65.2. The number of nitrogen functional groups attached to an aromatic ring is 4. The zero-order chi connectivity index (χ0) is 81.3. The number of pyridine rings is 4. The quantitative estimate of drug-likeness (QED) is 0.0656. The van der Waals surface area contributed by atoms with Crippen molar-refractivity contribution < 1.29 is 50.3 Å². The Kier molecular flexibility index (Phi) is 25.2. The smallest absolute Gasteiger partial charge is 0.261 e. The molecule has 19 nitrogen and oxygen atoms in total. The van der Waals surface area contributed by atoms with Crippen molar-refractivity contribution in [3.63, 3.8) is 0 Å². The lowest BCUT2D eigenvalue weighted by atomic mass is 9.88. The Balaban J connectivity index is 0.000000129. The molecule has 8 N–H and O–H groups in total. The number of carbonyl (C=O) groups excluding carboxylic acids is 4. The second kappa shape index (κ2) is 36.1. The third kappa shape index (κ3) is 20.2. The van der Waals surface area contributed by atoms with Crippen molar-refractivity contribution in [1.29, 1.82) is 0 Å². The first-order valence-electron chi connectivity index (χ1n) is 39.6. The number of fused-ring (bicyclic) bond motifs is 3. The van der Waals surface area contributed by atoms with Crippen LogP contribution in [0, 0.1) is 35.1 Å². The van der Waals surface area contributed by atoms with Gasteiger partial charge in [0.1, 0.15) is 23.3 Å². The van der Waals surface area contributed by atoms with Crippen LogP contribution < -0.4 is 22.9 Å². The maximum absolute atomic E-state index is 13.5. The summed E-state index contributed by atoms with van der Waals surface area (Å²) >= 11 is 0. The molecule has 6 aromatic carbocycles. The summed E-state index contributed by atoms with van der Waals surface area (Å²) < 4.78 is 84.9. The van der Waals surface area contributed by atoms with Gasteiger partial charge >= 0.3 is 0 Å². The van der Waals surface area contributed by atoms with Crippen molar-refractivity contribution in [2.75, 3.05) is 89.5 Å². The molecule has 3 unspecified atom stereocenters. The van der Waals surface area contributed by atoms with Crippen LogP contribution in [0.15, 0.2) is 182 Å². The number of carbonyl (C=O) groups is 4. The molecule has 0 bridgehead atoms. The Hall–Kier alpha value is -11.5. The maximum atomic E-state index is 13.5. The largest absolute Gasteiger partial charge is 0.397 e. The van der Waals surface area contributed by atoms with Crippen molar-refractivity contribution in [3.05, 3.63) is 261 Å². The summed E-state index contributed by atoms with van der Waals surface area (Å²) in [5.74, 6) is -1.83. The average Bonchev–Trinajstić information content (AvgIpc) is 1.60. The highest BCUT2D eigenvalue weighted by Gasteiger charge is 2.40. The first-order valence-corrected chi connectivity index (χ1v) is 39.6. The first-order chi connectivity index (χ1) is 55.9. The highest BCUT2D eigenvalue weighted by molar-refractivity contribution is 5.83. The van der Waals surface area contributed by atoms with Crippen LogP contribution >= 0.6 is 0 Å². The van der Waals surface area contributed by atoms with Gasteiger partial charge in [0, 0.05) is 101 Å². The van der Waals surface area contributed by atoms with Crippen LogP contribution in [-0.2, 0) is 82.3 Å². The van der Waals surface area contributed by atoms with E-state index < -0.39 is 5.92 Å². The number of aromatic nitrogens is 4. The first kappa shape index (κ1) is 81.0. The minimum absolute atomic E-state index is 0.00925. The fraction of sp³-hybridized carbons (Fsp3) is 0.341. The van der Waals surface area contributed by atoms with E-state index in [0.29, 0.717) is 138 Å².